The molecule has 0 aromatic rings. The van der Waals surface area contributed by atoms with E-state index in [1.807, 2.05) is 31.3 Å². The maximum absolute atomic E-state index is 5.29. The molecule has 0 atom stereocenters. The van der Waals surface area contributed by atoms with Crippen LogP contribution in [0.1, 0.15) is 6.92 Å². The van der Waals surface area contributed by atoms with Crippen LogP contribution in [0.3, 0.4) is 0 Å². The SMILES string of the molecule is C#CC1=CN(C)C=C(C)C1=C. The summed E-state index contributed by atoms with van der Waals surface area (Å²) in [4.78, 5) is 1.94. The number of hydrogen-bond donors (Lipinski definition) is 0. The molecule has 1 aliphatic rings. The van der Waals surface area contributed by atoms with E-state index < -0.39 is 0 Å². The lowest BCUT2D eigenvalue weighted by atomic mass is 10.0. The third-order valence-electron chi connectivity index (χ3n) is 1.69. The number of terminal acetylenes is 1. The highest BCUT2D eigenvalue weighted by atomic mass is 15.1. The molecular weight excluding hydrogens is 134 g/mol. The normalized spacial score (nSPS) is 17.2. The van der Waals surface area contributed by atoms with Crippen molar-refractivity contribution < 1.29 is 0 Å². The van der Waals surface area contributed by atoms with Gasteiger partial charge in [-0.05, 0) is 18.1 Å². The topological polar surface area (TPSA) is 3.24 Å². The molecule has 11 heavy (non-hydrogen) atoms. The van der Waals surface area contributed by atoms with Crippen LogP contribution in [-0.4, -0.2) is 11.9 Å². The van der Waals surface area contributed by atoms with E-state index in [2.05, 4.69) is 12.5 Å². The summed E-state index contributed by atoms with van der Waals surface area (Å²) in [5.74, 6) is 2.59. The van der Waals surface area contributed by atoms with E-state index in [-0.39, 0.29) is 0 Å². The molecule has 0 fully saturated rings. The average Bonchev–Trinajstić information content (AvgIpc) is 1.96. The highest BCUT2D eigenvalue weighted by molar-refractivity contribution is 5.54. The molecule has 0 bridgehead atoms. The van der Waals surface area contributed by atoms with E-state index in [1.165, 1.54) is 0 Å². The quantitative estimate of drug-likeness (QED) is 0.471. The van der Waals surface area contributed by atoms with Gasteiger partial charge in [0.2, 0.25) is 0 Å². The highest BCUT2D eigenvalue weighted by Crippen LogP contribution is 2.21. The molecule has 1 nitrogen and oxygen atoms in total. The second-order valence-electron chi connectivity index (χ2n) is 2.64. The Morgan fingerprint density at radius 3 is 2.73 bits per heavy atom. The molecule has 0 saturated heterocycles. The van der Waals surface area contributed by atoms with Gasteiger partial charge < -0.3 is 4.90 Å². The van der Waals surface area contributed by atoms with Crippen LogP contribution >= 0.6 is 0 Å². The van der Waals surface area contributed by atoms with E-state index in [0.29, 0.717) is 0 Å². The van der Waals surface area contributed by atoms with Crippen molar-refractivity contribution in [3.63, 3.8) is 0 Å². The molecule has 0 spiro atoms. The Morgan fingerprint density at radius 1 is 1.55 bits per heavy atom. The van der Waals surface area contributed by atoms with Crippen molar-refractivity contribution in [2.45, 2.75) is 6.92 Å². The fourth-order valence-electron chi connectivity index (χ4n) is 1.04. The van der Waals surface area contributed by atoms with Crippen LogP contribution < -0.4 is 0 Å². The molecule has 0 aromatic carbocycles. The van der Waals surface area contributed by atoms with E-state index >= 15 is 0 Å². The van der Waals surface area contributed by atoms with Gasteiger partial charge in [0.05, 0.1) is 0 Å². The number of nitrogens with zero attached hydrogens (tertiary/aromatic N) is 1. The highest BCUT2D eigenvalue weighted by Gasteiger charge is 2.08. The zero-order valence-electron chi connectivity index (χ0n) is 6.89. The van der Waals surface area contributed by atoms with Gasteiger partial charge in [-0.25, -0.2) is 0 Å². The average molecular weight is 145 g/mol. The molecule has 1 heterocycles. The number of allylic oxidation sites excluding steroid dienone is 3. The maximum Gasteiger partial charge on any atom is 0.0474 e. The summed E-state index contributed by atoms with van der Waals surface area (Å²) in [6, 6.07) is 0. The van der Waals surface area contributed by atoms with Crippen molar-refractivity contribution in [2.24, 2.45) is 0 Å². The van der Waals surface area contributed by atoms with Crippen LogP contribution in [-0.2, 0) is 0 Å². The Bertz CT molecular complexity index is 286. The predicted octanol–water partition coefficient (Wildman–Crippen LogP) is 1.91. The molecule has 0 saturated carbocycles. The number of hydrogen-bond acceptors (Lipinski definition) is 1. The lowest BCUT2D eigenvalue weighted by Crippen LogP contribution is -2.09. The first kappa shape index (κ1) is 7.68. The first-order chi connectivity index (χ1) is 5.15. The molecule has 0 amide bonds. The standard InChI is InChI=1S/C10H11N/c1-5-10-7-11(4)6-8(2)9(10)3/h1,6-7H,3H2,2,4H3. The smallest absolute Gasteiger partial charge is 0.0474 e. The van der Waals surface area contributed by atoms with Crippen molar-refractivity contribution in [2.75, 3.05) is 7.05 Å². The van der Waals surface area contributed by atoms with Crippen LogP contribution in [0.15, 0.2) is 35.7 Å². The van der Waals surface area contributed by atoms with Crippen LogP contribution in [0, 0.1) is 12.3 Å². The summed E-state index contributed by atoms with van der Waals surface area (Å²) in [7, 11) is 1.95. The summed E-state index contributed by atoms with van der Waals surface area (Å²) in [5, 5.41) is 0. The fourth-order valence-corrected chi connectivity index (χ4v) is 1.04. The van der Waals surface area contributed by atoms with E-state index in [0.717, 1.165) is 16.7 Å². The molecule has 0 aromatic heterocycles. The van der Waals surface area contributed by atoms with Gasteiger partial charge >= 0.3 is 0 Å². The minimum Gasteiger partial charge on any atom is -0.356 e. The molecule has 0 unspecified atom stereocenters. The molecule has 0 aliphatic carbocycles. The predicted molar refractivity (Wildman–Crippen MR) is 47.6 cm³/mol. The van der Waals surface area contributed by atoms with Gasteiger partial charge in [-0.2, -0.15) is 0 Å². The van der Waals surface area contributed by atoms with Crippen molar-refractivity contribution >= 4 is 0 Å². The third kappa shape index (κ3) is 1.35. The minimum atomic E-state index is 0.868. The Labute approximate surface area is 67.7 Å². The van der Waals surface area contributed by atoms with Gasteiger partial charge in [0, 0.05) is 25.0 Å². The molecule has 1 aliphatic heterocycles. The van der Waals surface area contributed by atoms with Crippen molar-refractivity contribution in [3.8, 4) is 12.3 Å². The van der Waals surface area contributed by atoms with Crippen molar-refractivity contribution in [1.82, 2.24) is 4.90 Å². The Balaban J connectivity index is 3.02. The monoisotopic (exact) mass is 145 g/mol. The van der Waals surface area contributed by atoms with Crippen molar-refractivity contribution in [1.29, 1.82) is 0 Å². The van der Waals surface area contributed by atoms with Gasteiger partial charge in [-0.15, -0.1) is 6.42 Å². The summed E-state index contributed by atoms with van der Waals surface area (Å²) >= 11 is 0. The molecule has 1 rings (SSSR count). The number of rotatable bonds is 0. The van der Waals surface area contributed by atoms with Crippen LogP contribution in [0.4, 0.5) is 0 Å². The summed E-state index contributed by atoms with van der Waals surface area (Å²) in [5.41, 5.74) is 2.95. The zero-order valence-corrected chi connectivity index (χ0v) is 6.89. The summed E-state index contributed by atoms with van der Waals surface area (Å²) in [6.45, 7) is 5.88. The Kier molecular flexibility index (Phi) is 1.87. The molecule has 56 valence electrons. The molecule has 0 radical (unpaired) electrons. The van der Waals surface area contributed by atoms with Crippen LogP contribution in [0.25, 0.3) is 0 Å². The summed E-state index contributed by atoms with van der Waals surface area (Å²) < 4.78 is 0. The second-order valence-corrected chi connectivity index (χ2v) is 2.64. The van der Waals surface area contributed by atoms with Crippen LogP contribution in [0.2, 0.25) is 0 Å². The third-order valence-corrected chi connectivity index (χ3v) is 1.69. The van der Waals surface area contributed by atoms with Crippen LogP contribution in [0.5, 0.6) is 0 Å². The lowest BCUT2D eigenvalue weighted by molar-refractivity contribution is 0.609. The van der Waals surface area contributed by atoms with E-state index in [1.54, 1.807) is 0 Å². The Morgan fingerprint density at radius 2 is 2.18 bits per heavy atom. The van der Waals surface area contributed by atoms with E-state index in [4.69, 9.17) is 6.42 Å². The fraction of sp³-hybridized carbons (Fsp3) is 0.200. The van der Waals surface area contributed by atoms with Gasteiger partial charge in [0.25, 0.3) is 0 Å². The summed E-state index contributed by atoms with van der Waals surface area (Å²) in [6.07, 6.45) is 9.19. The second kappa shape index (κ2) is 2.67. The first-order valence-corrected chi connectivity index (χ1v) is 3.43. The minimum absolute atomic E-state index is 0.868. The van der Waals surface area contributed by atoms with Crippen molar-refractivity contribution in [3.05, 3.63) is 35.7 Å². The van der Waals surface area contributed by atoms with Gasteiger partial charge in [0.1, 0.15) is 0 Å². The van der Waals surface area contributed by atoms with Gasteiger partial charge in [-0.3, -0.25) is 0 Å². The van der Waals surface area contributed by atoms with E-state index in [9.17, 15) is 0 Å². The first-order valence-electron chi connectivity index (χ1n) is 3.43. The lowest BCUT2D eigenvalue weighted by Gasteiger charge is -2.18. The molecule has 1 heteroatoms. The molecule has 0 N–H and O–H groups in total. The zero-order chi connectivity index (χ0) is 8.43. The van der Waals surface area contributed by atoms with Gasteiger partial charge in [-0.1, -0.05) is 12.5 Å². The Hall–Kier alpha value is -1.42. The molecular formula is C10H11N. The maximum atomic E-state index is 5.29. The largest absolute Gasteiger partial charge is 0.356 e. The van der Waals surface area contributed by atoms with Gasteiger partial charge in [0.15, 0.2) is 0 Å².